The predicted octanol–water partition coefficient (Wildman–Crippen LogP) is 16.7. The van der Waals surface area contributed by atoms with Crippen molar-refractivity contribution in [1.29, 1.82) is 0 Å². The van der Waals surface area contributed by atoms with E-state index in [-0.39, 0.29) is 0 Å². The van der Waals surface area contributed by atoms with Gasteiger partial charge in [0.05, 0.1) is 10.4 Å². The summed E-state index contributed by atoms with van der Waals surface area (Å²) >= 11 is 1.86. The van der Waals surface area contributed by atoms with Crippen LogP contribution >= 0.6 is 11.3 Å². The van der Waals surface area contributed by atoms with Crippen molar-refractivity contribution in [3.63, 3.8) is 0 Å². The second-order valence-electron chi connectivity index (χ2n) is 15.2. The van der Waals surface area contributed by atoms with Crippen LogP contribution < -0.4 is 4.90 Å². The number of hydrogen-bond donors (Lipinski definition) is 0. The molecule has 0 N–H and O–H groups in total. The smallest absolute Gasteiger partial charge is 0.135 e. The summed E-state index contributed by atoms with van der Waals surface area (Å²) in [6.45, 7) is 0. The van der Waals surface area contributed by atoms with E-state index in [0.29, 0.717) is 0 Å². The van der Waals surface area contributed by atoms with E-state index in [1.807, 2.05) is 23.5 Å². The van der Waals surface area contributed by atoms with E-state index in [9.17, 15) is 0 Å². The first-order chi connectivity index (χ1) is 29.2. The van der Waals surface area contributed by atoms with Crippen LogP contribution in [-0.4, -0.2) is 0 Å². The normalized spacial score (nSPS) is 11.7. The Hall–Kier alpha value is -7.46. The summed E-state index contributed by atoms with van der Waals surface area (Å²) in [5.41, 5.74) is 12.2. The molecule has 0 aliphatic heterocycles. The molecule has 2 nitrogen and oxygen atoms in total. The molecule has 0 radical (unpaired) electrons. The number of para-hydroxylation sites is 1. The molecule has 59 heavy (non-hydrogen) atoms. The van der Waals surface area contributed by atoms with Crippen LogP contribution in [0.3, 0.4) is 0 Å². The average Bonchev–Trinajstić information content (AvgIpc) is 3.88. The molecule has 3 heteroatoms. The molecule has 0 aliphatic carbocycles. The van der Waals surface area contributed by atoms with Gasteiger partial charge in [-0.25, -0.2) is 0 Å². The Kier molecular flexibility index (Phi) is 7.75. The molecule has 12 rings (SSSR count). The third-order valence-corrected chi connectivity index (χ3v) is 13.1. The van der Waals surface area contributed by atoms with Crippen LogP contribution in [0.2, 0.25) is 0 Å². The molecular weight excluding hydrogens is 735 g/mol. The topological polar surface area (TPSA) is 16.4 Å². The van der Waals surface area contributed by atoms with Gasteiger partial charge in [0.15, 0.2) is 0 Å². The molecular formula is C56H35NOS. The number of hydrogen-bond acceptors (Lipinski definition) is 3. The highest BCUT2D eigenvalue weighted by Crippen LogP contribution is 2.47. The molecule has 276 valence electrons. The summed E-state index contributed by atoms with van der Waals surface area (Å²) in [7, 11) is 0. The largest absolute Gasteiger partial charge is 0.456 e. The van der Waals surface area contributed by atoms with Crippen molar-refractivity contribution in [1.82, 2.24) is 0 Å². The van der Waals surface area contributed by atoms with Crippen molar-refractivity contribution in [2.45, 2.75) is 0 Å². The molecule has 10 aromatic carbocycles. The molecule has 0 unspecified atom stereocenters. The van der Waals surface area contributed by atoms with Crippen molar-refractivity contribution in [3.8, 4) is 33.4 Å². The van der Waals surface area contributed by atoms with Crippen molar-refractivity contribution in [3.05, 3.63) is 212 Å². The molecule has 12 aromatic rings. The van der Waals surface area contributed by atoms with Gasteiger partial charge < -0.3 is 9.32 Å². The maximum atomic E-state index is 6.28. The maximum absolute atomic E-state index is 6.28. The van der Waals surface area contributed by atoms with E-state index in [1.54, 1.807) is 0 Å². The number of nitrogens with zero attached hydrogens (tertiary/aromatic N) is 1. The SMILES string of the molecule is c1ccc(-c2ccc(N(c3ccc(-c4cc5ccccc5c5ccccc45)cc3)c3cccc4c3sc3ccccc34)cc2-c2ccc3oc4ccccc4c3c2)cc1. The molecule has 0 atom stereocenters. The molecule has 0 saturated carbocycles. The molecule has 2 aromatic heterocycles. The minimum Gasteiger partial charge on any atom is -0.456 e. The minimum absolute atomic E-state index is 0.893. The highest BCUT2D eigenvalue weighted by molar-refractivity contribution is 7.26. The Labute approximate surface area is 345 Å². The summed E-state index contributed by atoms with van der Waals surface area (Å²) in [6.07, 6.45) is 0. The van der Waals surface area contributed by atoms with E-state index in [2.05, 4.69) is 205 Å². The van der Waals surface area contributed by atoms with Crippen LogP contribution in [0.4, 0.5) is 17.1 Å². The molecule has 0 aliphatic rings. The fourth-order valence-electron chi connectivity index (χ4n) is 9.09. The Bertz CT molecular complexity index is 3560. The summed E-state index contributed by atoms with van der Waals surface area (Å²) in [5.74, 6) is 0. The number of fused-ring (bicyclic) bond motifs is 9. The number of anilines is 3. The number of furan rings is 1. The van der Waals surface area contributed by atoms with Crippen LogP contribution in [0.5, 0.6) is 0 Å². The first-order valence-electron chi connectivity index (χ1n) is 20.1. The van der Waals surface area contributed by atoms with Crippen LogP contribution in [0, 0.1) is 0 Å². The van der Waals surface area contributed by atoms with E-state index >= 15 is 0 Å². The van der Waals surface area contributed by atoms with Crippen molar-refractivity contribution >= 4 is 92.1 Å². The molecule has 0 spiro atoms. The molecule has 0 bridgehead atoms. The van der Waals surface area contributed by atoms with Crippen LogP contribution in [0.1, 0.15) is 0 Å². The summed E-state index contributed by atoms with van der Waals surface area (Å²) < 4.78 is 8.83. The fraction of sp³-hybridized carbons (Fsp3) is 0. The van der Waals surface area contributed by atoms with Crippen LogP contribution in [0.25, 0.3) is 97.0 Å². The third kappa shape index (κ3) is 5.55. The number of thiophene rings is 1. The van der Waals surface area contributed by atoms with Gasteiger partial charge in [0.2, 0.25) is 0 Å². The summed E-state index contributed by atoms with van der Waals surface area (Å²) in [6, 6.07) is 77.1. The van der Waals surface area contributed by atoms with Crippen LogP contribution in [-0.2, 0) is 0 Å². The second kappa shape index (κ2) is 13.6. The highest BCUT2D eigenvalue weighted by Gasteiger charge is 2.21. The number of benzene rings is 10. The maximum Gasteiger partial charge on any atom is 0.135 e. The predicted molar refractivity (Wildman–Crippen MR) is 253 cm³/mol. The van der Waals surface area contributed by atoms with Gasteiger partial charge in [0, 0.05) is 37.6 Å². The lowest BCUT2D eigenvalue weighted by molar-refractivity contribution is 0.669. The van der Waals surface area contributed by atoms with Crippen LogP contribution in [0.15, 0.2) is 217 Å². The van der Waals surface area contributed by atoms with Gasteiger partial charge in [-0.15, -0.1) is 11.3 Å². The first kappa shape index (κ1) is 33.7. The number of rotatable bonds is 6. The molecule has 0 fully saturated rings. The van der Waals surface area contributed by atoms with Gasteiger partial charge in [-0.3, -0.25) is 0 Å². The summed E-state index contributed by atoms with van der Waals surface area (Å²) in [5, 5.41) is 9.85. The quantitative estimate of drug-likeness (QED) is 0.157. The van der Waals surface area contributed by atoms with E-state index in [1.165, 1.54) is 64.0 Å². The van der Waals surface area contributed by atoms with Gasteiger partial charge in [0.25, 0.3) is 0 Å². The Morgan fingerprint density at radius 3 is 1.85 bits per heavy atom. The Morgan fingerprint density at radius 2 is 0.983 bits per heavy atom. The zero-order chi connectivity index (χ0) is 38.9. The van der Waals surface area contributed by atoms with E-state index in [4.69, 9.17) is 4.42 Å². The minimum atomic E-state index is 0.893. The van der Waals surface area contributed by atoms with E-state index in [0.717, 1.165) is 50.1 Å². The second-order valence-corrected chi connectivity index (χ2v) is 16.3. The van der Waals surface area contributed by atoms with Crippen molar-refractivity contribution in [2.24, 2.45) is 0 Å². The lowest BCUT2D eigenvalue weighted by Crippen LogP contribution is -2.10. The Balaban J connectivity index is 1.08. The molecule has 0 saturated heterocycles. The first-order valence-corrected chi connectivity index (χ1v) is 20.9. The highest BCUT2D eigenvalue weighted by atomic mass is 32.1. The zero-order valence-electron chi connectivity index (χ0n) is 32.0. The molecule has 2 heterocycles. The lowest BCUT2D eigenvalue weighted by atomic mass is 9.92. The fourth-order valence-corrected chi connectivity index (χ4v) is 10.3. The van der Waals surface area contributed by atoms with Gasteiger partial charge in [-0.2, -0.15) is 0 Å². The van der Waals surface area contributed by atoms with Gasteiger partial charge in [-0.1, -0.05) is 152 Å². The zero-order valence-corrected chi connectivity index (χ0v) is 32.8. The van der Waals surface area contributed by atoms with Crippen molar-refractivity contribution in [2.75, 3.05) is 4.90 Å². The van der Waals surface area contributed by atoms with Gasteiger partial charge in [0.1, 0.15) is 11.2 Å². The summed E-state index contributed by atoms with van der Waals surface area (Å²) in [4.78, 5) is 2.45. The lowest BCUT2D eigenvalue weighted by Gasteiger charge is -2.27. The molecule has 0 amide bonds. The Morgan fingerprint density at radius 1 is 0.339 bits per heavy atom. The van der Waals surface area contributed by atoms with E-state index < -0.39 is 0 Å². The van der Waals surface area contributed by atoms with Gasteiger partial charge in [-0.05, 0) is 116 Å². The third-order valence-electron chi connectivity index (χ3n) is 11.9. The van der Waals surface area contributed by atoms with Crippen molar-refractivity contribution < 1.29 is 4.42 Å². The average molecular weight is 770 g/mol. The van der Waals surface area contributed by atoms with Gasteiger partial charge >= 0.3 is 0 Å². The monoisotopic (exact) mass is 769 g/mol. The standard InChI is InChI=1S/C56H35NOS/c1-2-13-36(14-3-1)43-31-30-41(35-50(43)39-27-32-54-51(34-39)46-19-8-10-23-53(46)58-54)57(52-22-12-21-48-47-20-9-11-24-55(47)59-56(48)52)40-28-25-37(26-29-40)49-33-38-15-4-5-16-42(38)44-17-6-7-18-45(44)49/h1-35H.